The van der Waals surface area contributed by atoms with E-state index in [1.54, 1.807) is 0 Å². The molecule has 0 aromatic carbocycles. The summed E-state index contributed by atoms with van der Waals surface area (Å²) < 4.78 is 7.75. The fourth-order valence-electron chi connectivity index (χ4n) is 2.14. The summed E-state index contributed by atoms with van der Waals surface area (Å²) in [5, 5.41) is 3.34. The fraction of sp³-hybridized carbons (Fsp3) is 0.750. The Hall–Kier alpha value is -0.870. The van der Waals surface area contributed by atoms with E-state index in [-0.39, 0.29) is 0 Å². The van der Waals surface area contributed by atoms with Gasteiger partial charge in [-0.25, -0.2) is 4.98 Å². The second-order valence-electron chi connectivity index (χ2n) is 4.40. The van der Waals surface area contributed by atoms with Gasteiger partial charge in [-0.2, -0.15) is 0 Å². The van der Waals surface area contributed by atoms with Crippen molar-refractivity contribution in [3.8, 4) is 0 Å². The Morgan fingerprint density at radius 3 is 3.31 bits per heavy atom. The molecule has 1 atom stereocenters. The summed E-state index contributed by atoms with van der Waals surface area (Å²) in [7, 11) is 0. The Morgan fingerprint density at radius 2 is 2.56 bits per heavy atom. The molecule has 0 aliphatic carbocycles. The maximum absolute atomic E-state index is 5.50. The third-order valence-corrected chi connectivity index (χ3v) is 3.06. The van der Waals surface area contributed by atoms with Crippen LogP contribution in [0.1, 0.15) is 25.5 Å². The molecule has 1 aromatic rings. The lowest BCUT2D eigenvalue weighted by Crippen LogP contribution is -2.23. The maximum atomic E-state index is 5.50. The quantitative estimate of drug-likeness (QED) is 0.820. The molecular formula is C12H21N3O. The molecule has 1 unspecified atom stereocenters. The third kappa shape index (κ3) is 3.06. The first kappa shape index (κ1) is 11.6. The van der Waals surface area contributed by atoms with Crippen LogP contribution in [0.5, 0.6) is 0 Å². The van der Waals surface area contributed by atoms with E-state index in [0.717, 1.165) is 32.8 Å². The monoisotopic (exact) mass is 223 g/mol. The van der Waals surface area contributed by atoms with E-state index in [1.165, 1.54) is 18.5 Å². The topological polar surface area (TPSA) is 39.1 Å². The number of ether oxygens (including phenoxy) is 1. The number of imidazole rings is 1. The van der Waals surface area contributed by atoms with Gasteiger partial charge in [0.1, 0.15) is 0 Å². The first-order valence-corrected chi connectivity index (χ1v) is 6.17. The first-order valence-electron chi connectivity index (χ1n) is 6.17. The van der Waals surface area contributed by atoms with Gasteiger partial charge in [-0.15, -0.1) is 0 Å². The fourth-order valence-corrected chi connectivity index (χ4v) is 2.14. The van der Waals surface area contributed by atoms with Crippen LogP contribution in [0.2, 0.25) is 0 Å². The van der Waals surface area contributed by atoms with Crippen LogP contribution in [0.15, 0.2) is 12.5 Å². The molecule has 1 aliphatic heterocycles. The van der Waals surface area contributed by atoms with Gasteiger partial charge < -0.3 is 14.6 Å². The molecule has 1 aromatic heterocycles. The minimum absolute atomic E-state index is 0.656. The minimum Gasteiger partial charge on any atom is -0.381 e. The highest BCUT2D eigenvalue weighted by Crippen LogP contribution is 2.16. The molecule has 4 heteroatoms. The molecule has 2 heterocycles. The van der Waals surface area contributed by atoms with Crippen molar-refractivity contribution in [2.75, 3.05) is 19.8 Å². The lowest BCUT2D eigenvalue weighted by Gasteiger charge is -2.23. The molecule has 0 spiro atoms. The van der Waals surface area contributed by atoms with Crippen LogP contribution >= 0.6 is 0 Å². The van der Waals surface area contributed by atoms with Gasteiger partial charge in [-0.3, -0.25) is 0 Å². The Labute approximate surface area is 97.0 Å². The Balaban J connectivity index is 1.89. The number of aromatic nitrogens is 2. The van der Waals surface area contributed by atoms with E-state index in [2.05, 4.69) is 21.8 Å². The zero-order chi connectivity index (χ0) is 11.2. The number of rotatable bonds is 5. The smallest absolute Gasteiger partial charge is 0.0948 e. The average molecular weight is 223 g/mol. The highest BCUT2D eigenvalue weighted by molar-refractivity contribution is 4.98. The van der Waals surface area contributed by atoms with Crippen molar-refractivity contribution in [3.05, 3.63) is 18.2 Å². The van der Waals surface area contributed by atoms with E-state index in [4.69, 9.17) is 4.74 Å². The van der Waals surface area contributed by atoms with E-state index >= 15 is 0 Å². The van der Waals surface area contributed by atoms with Crippen molar-refractivity contribution in [1.82, 2.24) is 14.9 Å². The molecule has 1 aliphatic rings. The molecule has 0 bridgehead atoms. The summed E-state index contributed by atoms with van der Waals surface area (Å²) in [6.07, 6.45) is 6.36. The van der Waals surface area contributed by atoms with E-state index in [1.807, 2.05) is 12.5 Å². The van der Waals surface area contributed by atoms with Gasteiger partial charge >= 0.3 is 0 Å². The van der Waals surface area contributed by atoms with Crippen molar-refractivity contribution < 1.29 is 4.74 Å². The minimum atomic E-state index is 0.656. The Morgan fingerprint density at radius 1 is 1.62 bits per heavy atom. The van der Waals surface area contributed by atoms with Crippen molar-refractivity contribution in [2.24, 2.45) is 5.92 Å². The number of hydrogen-bond acceptors (Lipinski definition) is 3. The van der Waals surface area contributed by atoms with Crippen LogP contribution < -0.4 is 5.32 Å². The third-order valence-electron chi connectivity index (χ3n) is 3.06. The molecule has 90 valence electrons. The van der Waals surface area contributed by atoms with Crippen LogP contribution in [0.3, 0.4) is 0 Å². The lowest BCUT2D eigenvalue weighted by molar-refractivity contribution is 0.0480. The second-order valence-corrected chi connectivity index (χ2v) is 4.40. The van der Waals surface area contributed by atoms with Gasteiger partial charge in [0.25, 0.3) is 0 Å². The summed E-state index contributed by atoms with van der Waals surface area (Å²) in [6.45, 7) is 6.90. The molecule has 2 rings (SSSR count). The van der Waals surface area contributed by atoms with Crippen LogP contribution in [0.4, 0.5) is 0 Å². The lowest BCUT2D eigenvalue weighted by atomic mass is 10.0. The molecule has 0 amide bonds. The van der Waals surface area contributed by atoms with Crippen molar-refractivity contribution in [1.29, 1.82) is 0 Å². The zero-order valence-electron chi connectivity index (χ0n) is 9.98. The molecule has 0 radical (unpaired) electrons. The summed E-state index contributed by atoms with van der Waals surface area (Å²) in [5.41, 5.74) is 1.27. The summed E-state index contributed by atoms with van der Waals surface area (Å²) >= 11 is 0. The second kappa shape index (κ2) is 6.01. The average Bonchev–Trinajstić information content (AvgIpc) is 2.75. The molecule has 16 heavy (non-hydrogen) atoms. The van der Waals surface area contributed by atoms with E-state index in [9.17, 15) is 0 Å². The molecule has 4 nitrogen and oxygen atoms in total. The van der Waals surface area contributed by atoms with Crippen LogP contribution in [0.25, 0.3) is 0 Å². The number of nitrogens with zero attached hydrogens (tertiary/aromatic N) is 2. The normalized spacial score (nSPS) is 21.2. The van der Waals surface area contributed by atoms with Crippen LogP contribution in [-0.2, 0) is 17.8 Å². The maximum Gasteiger partial charge on any atom is 0.0948 e. The predicted molar refractivity (Wildman–Crippen MR) is 63.2 cm³/mol. The van der Waals surface area contributed by atoms with E-state index < -0.39 is 0 Å². The predicted octanol–water partition coefficient (Wildman–Crippen LogP) is 1.42. The van der Waals surface area contributed by atoms with Crippen molar-refractivity contribution in [2.45, 2.75) is 32.9 Å². The summed E-state index contributed by atoms with van der Waals surface area (Å²) in [6, 6.07) is 0. The van der Waals surface area contributed by atoms with Gasteiger partial charge in [-0.1, -0.05) is 6.92 Å². The van der Waals surface area contributed by atoms with Gasteiger partial charge in [-0.05, 0) is 19.4 Å². The van der Waals surface area contributed by atoms with Crippen LogP contribution in [0, 0.1) is 5.92 Å². The van der Waals surface area contributed by atoms with Crippen molar-refractivity contribution in [3.63, 3.8) is 0 Å². The van der Waals surface area contributed by atoms with Gasteiger partial charge in [0.05, 0.1) is 18.6 Å². The summed E-state index contributed by atoms with van der Waals surface area (Å²) in [4.78, 5) is 4.22. The van der Waals surface area contributed by atoms with Gasteiger partial charge in [0.15, 0.2) is 0 Å². The van der Waals surface area contributed by atoms with Crippen LogP contribution in [-0.4, -0.2) is 29.3 Å². The van der Waals surface area contributed by atoms with Gasteiger partial charge in [0.2, 0.25) is 0 Å². The molecule has 1 fully saturated rings. The largest absolute Gasteiger partial charge is 0.381 e. The number of hydrogen-bond donors (Lipinski definition) is 1. The molecule has 0 saturated carbocycles. The van der Waals surface area contributed by atoms with Crippen molar-refractivity contribution >= 4 is 0 Å². The summed E-state index contributed by atoms with van der Waals surface area (Å²) in [5.74, 6) is 0.656. The highest BCUT2D eigenvalue weighted by Gasteiger charge is 2.15. The van der Waals surface area contributed by atoms with Gasteiger partial charge in [0, 0.05) is 31.8 Å². The van der Waals surface area contributed by atoms with E-state index in [0.29, 0.717) is 5.92 Å². The number of nitrogens with one attached hydrogen (secondary N) is 1. The molecule has 1 N–H and O–H groups in total. The zero-order valence-corrected chi connectivity index (χ0v) is 9.98. The Kier molecular flexibility index (Phi) is 4.36. The molecular weight excluding hydrogens is 202 g/mol. The molecule has 1 saturated heterocycles. The SMILES string of the molecule is CCNCc1cncn1CC1CCCOC1. The first-order chi connectivity index (χ1) is 7.90. The highest BCUT2D eigenvalue weighted by atomic mass is 16.5. The Bertz CT molecular complexity index is 305. The standard InChI is InChI=1S/C12H21N3O/c1-2-13-6-12-7-14-10-15(12)8-11-4-3-5-16-9-11/h7,10-11,13H,2-6,8-9H2,1H3.